The molecular weight excluding hydrogens is 512 g/mol. The first-order valence-corrected chi connectivity index (χ1v) is 14.7. The van der Waals surface area contributed by atoms with Crippen LogP contribution in [0.3, 0.4) is 0 Å². The lowest BCUT2D eigenvalue weighted by Gasteiger charge is -2.40. The van der Waals surface area contributed by atoms with Crippen molar-refractivity contribution in [3.05, 3.63) is 53.7 Å². The third-order valence-electron chi connectivity index (χ3n) is 8.83. The number of fused-ring (bicyclic) bond motifs is 4. The Bertz CT molecular complexity index is 1340. The number of rotatable bonds is 6. The number of hydrogen-bond acceptors (Lipinski definition) is 10. The molecular formula is C29H34N6O3S. The van der Waals surface area contributed by atoms with E-state index in [1.54, 1.807) is 7.11 Å². The first kappa shape index (κ1) is 25.0. The van der Waals surface area contributed by atoms with Crippen LogP contribution in [0.4, 0.5) is 11.6 Å². The standard InChI is InChI=1S/C29H34N6O3S/c1-37-17-19-11-21-18-38-26-24(4-8-31-28(26)35(21)15-19)39-25-14-32-27(23(16-36)33-25)34-9-5-29(6-10-34)12-20-3-2-7-30-22(20)13-29/h2-4,7-8,14,19,21,36H,5-6,9-13,15-18H2,1H3/t19-,21-/m0/s1. The average Bonchev–Trinajstić information content (AvgIpc) is 3.54. The fourth-order valence-electron chi connectivity index (χ4n) is 6.90. The van der Waals surface area contributed by atoms with Crippen LogP contribution in [0.1, 0.15) is 36.2 Å². The Labute approximate surface area is 233 Å². The average molecular weight is 547 g/mol. The molecule has 0 radical (unpaired) electrons. The minimum atomic E-state index is -0.144. The largest absolute Gasteiger partial charge is 0.486 e. The molecule has 2 saturated heterocycles. The van der Waals surface area contributed by atoms with Gasteiger partial charge in [0.15, 0.2) is 17.4 Å². The first-order chi connectivity index (χ1) is 19.1. The second-order valence-electron chi connectivity index (χ2n) is 11.3. The highest BCUT2D eigenvalue weighted by atomic mass is 32.2. The Kier molecular flexibility index (Phi) is 6.57. The summed E-state index contributed by atoms with van der Waals surface area (Å²) in [5.41, 5.74) is 3.59. The van der Waals surface area contributed by atoms with Crippen molar-refractivity contribution >= 4 is 23.4 Å². The van der Waals surface area contributed by atoms with Crippen LogP contribution in [0, 0.1) is 11.3 Å². The molecule has 1 aliphatic carbocycles. The van der Waals surface area contributed by atoms with Gasteiger partial charge in [-0.3, -0.25) is 4.98 Å². The molecule has 3 aromatic heterocycles. The van der Waals surface area contributed by atoms with Gasteiger partial charge in [-0.25, -0.2) is 15.0 Å². The molecule has 4 aliphatic rings. The van der Waals surface area contributed by atoms with Gasteiger partial charge in [0.2, 0.25) is 0 Å². The summed E-state index contributed by atoms with van der Waals surface area (Å²) < 4.78 is 11.6. The van der Waals surface area contributed by atoms with Crippen LogP contribution in [-0.2, 0) is 24.2 Å². The van der Waals surface area contributed by atoms with Crippen molar-refractivity contribution in [2.24, 2.45) is 11.3 Å². The molecule has 204 valence electrons. The van der Waals surface area contributed by atoms with E-state index in [4.69, 9.17) is 19.4 Å². The van der Waals surface area contributed by atoms with Crippen LogP contribution in [0.2, 0.25) is 0 Å². The molecule has 0 aromatic carbocycles. The number of nitrogens with zero attached hydrogens (tertiary/aromatic N) is 6. The predicted molar refractivity (Wildman–Crippen MR) is 148 cm³/mol. The van der Waals surface area contributed by atoms with Crippen LogP contribution in [-0.4, -0.2) is 71.0 Å². The monoisotopic (exact) mass is 546 g/mol. The zero-order valence-electron chi connectivity index (χ0n) is 22.3. The number of piperidine rings is 1. The molecule has 0 unspecified atom stereocenters. The van der Waals surface area contributed by atoms with Crippen molar-refractivity contribution in [3.8, 4) is 5.75 Å². The molecule has 3 aliphatic heterocycles. The van der Waals surface area contributed by atoms with Crippen LogP contribution < -0.4 is 14.5 Å². The van der Waals surface area contributed by atoms with Crippen molar-refractivity contribution in [1.82, 2.24) is 19.9 Å². The van der Waals surface area contributed by atoms with Gasteiger partial charge >= 0.3 is 0 Å². The molecule has 1 spiro atoms. The molecule has 9 nitrogen and oxygen atoms in total. The normalized spacial score (nSPS) is 22.9. The minimum absolute atomic E-state index is 0.144. The lowest BCUT2D eigenvalue weighted by atomic mass is 9.76. The van der Waals surface area contributed by atoms with E-state index >= 15 is 0 Å². The number of pyridine rings is 2. The third-order valence-corrected chi connectivity index (χ3v) is 9.77. The highest BCUT2D eigenvalue weighted by Gasteiger charge is 2.41. The van der Waals surface area contributed by atoms with Crippen molar-refractivity contribution in [1.29, 1.82) is 0 Å². The number of aromatic nitrogens is 4. The van der Waals surface area contributed by atoms with Gasteiger partial charge in [0, 0.05) is 50.7 Å². The van der Waals surface area contributed by atoms with Gasteiger partial charge in [-0.1, -0.05) is 17.8 Å². The Morgan fingerprint density at radius 1 is 1.13 bits per heavy atom. The summed E-state index contributed by atoms with van der Waals surface area (Å²) in [6.07, 6.45) is 11.0. The fraction of sp³-hybridized carbons (Fsp3) is 0.517. The SMILES string of the molecule is COC[C@H]1C[C@H]2COc3c(Sc4cnc(N5CCC6(CC5)Cc5cccnc5C6)c(CO)n4)ccnc3N2C1. The quantitative estimate of drug-likeness (QED) is 0.495. The molecule has 2 fully saturated rings. The summed E-state index contributed by atoms with van der Waals surface area (Å²) in [5.74, 6) is 2.99. The maximum absolute atomic E-state index is 10.2. The maximum atomic E-state index is 10.2. The third kappa shape index (κ3) is 4.62. The number of anilines is 2. The summed E-state index contributed by atoms with van der Waals surface area (Å²) in [6, 6.07) is 6.58. The highest BCUT2D eigenvalue weighted by molar-refractivity contribution is 7.99. The van der Waals surface area contributed by atoms with Crippen molar-refractivity contribution in [3.63, 3.8) is 0 Å². The number of methoxy groups -OCH3 is 1. The summed E-state index contributed by atoms with van der Waals surface area (Å²) in [4.78, 5) is 24.5. The van der Waals surface area contributed by atoms with E-state index in [1.807, 2.05) is 30.7 Å². The highest BCUT2D eigenvalue weighted by Crippen LogP contribution is 2.46. The van der Waals surface area contributed by atoms with E-state index in [0.29, 0.717) is 29.7 Å². The fourth-order valence-corrected chi connectivity index (χ4v) is 7.76. The van der Waals surface area contributed by atoms with Crippen molar-refractivity contribution < 1.29 is 14.6 Å². The Morgan fingerprint density at radius 3 is 2.85 bits per heavy atom. The van der Waals surface area contributed by atoms with Gasteiger partial charge in [0.25, 0.3) is 0 Å². The maximum Gasteiger partial charge on any atom is 0.175 e. The van der Waals surface area contributed by atoms with Gasteiger partial charge < -0.3 is 24.4 Å². The summed E-state index contributed by atoms with van der Waals surface area (Å²) in [6.45, 7) is 4.01. The number of aliphatic hydroxyl groups excluding tert-OH is 1. The molecule has 3 aromatic rings. The van der Waals surface area contributed by atoms with E-state index in [9.17, 15) is 5.11 Å². The molecule has 7 rings (SSSR count). The molecule has 39 heavy (non-hydrogen) atoms. The van der Waals surface area contributed by atoms with Gasteiger partial charge in [0.05, 0.1) is 30.3 Å². The molecule has 6 heterocycles. The lowest BCUT2D eigenvalue weighted by Crippen LogP contribution is -2.41. The molecule has 10 heteroatoms. The number of ether oxygens (including phenoxy) is 2. The van der Waals surface area contributed by atoms with E-state index in [0.717, 1.165) is 85.7 Å². The van der Waals surface area contributed by atoms with Gasteiger partial charge in [-0.15, -0.1) is 0 Å². The number of aliphatic hydroxyl groups is 1. The lowest BCUT2D eigenvalue weighted by molar-refractivity contribution is 0.157. The Morgan fingerprint density at radius 2 is 2.03 bits per heavy atom. The summed E-state index contributed by atoms with van der Waals surface area (Å²) >= 11 is 1.51. The van der Waals surface area contributed by atoms with Gasteiger partial charge in [-0.05, 0) is 55.2 Å². The van der Waals surface area contributed by atoms with Crippen LogP contribution >= 0.6 is 11.8 Å². The molecule has 0 amide bonds. The van der Waals surface area contributed by atoms with Crippen molar-refractivity contribution in [2.75, 3.05) is 49.8 Å². The minimum Gasteiger partial charge on any atom is -0.486 e. The topological polar surface area (TPSA) is 96.7 Å². The van der Waals surface area contributed by atoms with E-state index in [2.05, 4.69) is 25.8 Å². The first-order valence-electron chi connectivity index (χ1n) is 13.8. The molecule has 0 bridgehead atoms. The van der Waals surface area contributed by atoms with Crippen LogP contribution in [0.25, 0.3) is 0 Å². The molecule has 1 N–H and O–H groups in total. The zero-order valence-corrected chi connectivity index (χ0v) is 23.1. The van der Waals surface area contributed by atoms with Gasteiger partial charge in [0.1, 0.15) is 17.3 Å². The van der Waals surface area contributed by atoms with Crippen LogP contribution in [0.5, 0.6) is 5.75 Å². The van der Waals surface area contributed by atoms with Crippen molar-refractivity contribution in [2.45, 2.75) is 54.7 Å². The van der Waals surface area contributed by atoms with E-state index < -0.39 is 0 Å². The summed E-state index contributed by atoms with van der Waals surface area (Å²) in [5, 5.41) is 11.0. The van der Waals surface area contributed by atoms with E-state index in [1.165, 1.54) is 23.0 Å². The van der Waals surface area contributed by atoms with E-state index in [-0.39, 0.29) is 6.61 Å². The second-order valence-corrected chi connectivity index (χ2v) is 12.4. The number of hydrogen-bond donors (Lipinski definition) is 1. The Balaban J connectivity index is 1.06. The molecule has 0 saturated carbocycles. The molecule has 2 atom stereocenters. The second kappa shape index (κ2) is 10.2. The zero-order chi connectivity index (χ0) is 26.4. The Hall–Kier alpha value is -2.95. The smallest absolute Gasteiger partial charge is 0.175 e. The predicted octanol–water partition coefficient (Wildman–Crippen LogP) is 3.53. The van der Waals surface area contributed by atoms with Crippen LogP contribution in [0.15, 0.2) is 46.7 Å². The summed E-state index contributed by atoms with van der Waals surface area (Å²) in [7, 11) is 1.76. The van der Waals surface area contributed by atoms with Gasteiger partial charge in [-0.2, -0.15) is 0 Å².